The summed E-state index contributed by atoms with van der Waals surface area (Å²) in [6.07, 6.45) is 4.65. The van der Waals surface area contributed by atoms with Crippen LogP contribution < -0.4 is 0 Å². The molecule has 0 aromatic heterocycles. The summed E-state index contributed by atoms with van der Waals surface area (Å²) < 4.78 is 24.3. The van der Waals surface area contributed by atoms with Crippen molar-refractivity contribution >= 4 is 8.60 Å². The van der Waals surface area contributed by atoms with Crippen LogP contribution >= 0.6 is 8.60 Å². The van der Waals surface area contributed by atoms with Crippen LogP contribution in [-0.4, -0.2) is 52.0 Å². The molecule has 3 atom stereocenters. The van der Waals surface area contributed by atoms with Gasteiger partial charge in [0.2, 0.25) is 0 Å². The molecule has 0 radical (unpaired) electrons. The monoisotopic (exact) mass is 348 g/mol. The minimum atomic E-state index is -2.55. The SMILES string of the molecule is CCC1(C(OP(O)O)(C2(CC)CCO2)C2(CC)CCO2)CCO1. The van der Waals surface area contributed by atoms with Crippen LogP contribution in [0.4, 0.5) is 0 Å². The maximum absolute atomic E-state index is 9.85. The van der Waals surface area contributed by atoms with Gasteiger partial charge in [0.25, 0.3) is 0 Å². The van der Waals surface area contributed by atoms with E-state index < -0.39 is 31.0 Å². The van der Waals surface area contributed by atoms with E-state index in [0.717, 1.165) is 38.5 Å². The molecule has 0 bridgehead atoms. The lowest BCUT2D eigenvalue weighted by Gasteiger charge is -2.71. The third kappa shape index (κ3) is 2.13. The van der Waals surface area contributed by atoms with Gasteiger partial charge in [-0.15, -0.1) is 0 Å². The Labute approximate surface area is 139 Å². The minimum absolute atomic E-state index is 0.591. The molecule has 3 unspecified atom stereocenters. The van der Waals surface area contributed by atoms with E-state index in [2.05, 4.69) is 20.8 Å². The van der Waals surface area contributed by atoms with Crippen molar-refractivity contribution in [1.82, 2.24) is 0 Å². The number of ether oxygens (including phenoxy) is 3. The highest BCUT2D eigenvalue weighted by molar-refractivity contribution is 7.39. The van der Waals surface area contributed by atoms with Crippen molar-refractivity contribution in [2.24, 2.45) is 0 Å². The second-order valence-electron chi connectivity index (χ2n) is 6.86. The van der Waals surface area contributed by atoms with Crippen molar-refractivity contribution < 1.29 is 28.5 Å². The lowest BCUT2D eigenvalue weighted by molar-refractivity contribution is -0.407. The third-order valence-corrected chi connectivity index (χ3v) is 6.95. The van der Waals surface area contributed by atoms with Crippen LogP contribution in [0.1, 0.15) is 59.3 Å². The Bertz CT molecular complexity index is 357. The molecule has 6 nitrogen and oxygen atoms in total. The van der Waals surface area contributed by atoms with Crippen LogP contribution in [0, 0.1) is 0 Å². The van der Waals surface area contributed by atoms with E-state index in [0.29, 0.717) is 19.8 Å². The largest absolute Gasteiger partial charge is 0.372 e. The smallest absolute Gasteiger partial charge is 0.327 e. The number of hydrogen-bond donors (Lipinski definition) is 2. The molecule has 7 heteroatoms. The molecule has 3 rings (SSSR count). The molecule has 0 aliphatic carbocycles. The molecule has 3 aliphatic rings. The molecule has 0 spiro atoms. The van der Waals surface area contributed by atoms with Crippen molar-refractivity contribution in [3.8, 4) is 0 Å². The molecule has 3 heterocycles. The Balaban J connectivity index is 2.17. The van der Waals surface area contributed by atoms with E-state index in [1.165, 1.54) is 0 Å². The Kier molecular flexibility index (Phi) is 4.83. The summed E-state index contributed by atoms with van der Waals surface area (Å²) in [7, 11) is -2.55. The molecule has 3 saturated heterocycles. The van der Waals surface area contributed by atoms with E-state index in [9.17, 15) is 9.79 Å². The summed E-state index contributed by atoms with van der Waals surface area (Å²) in [5, 5.41) is 0. The van der Waals surface area contributed by atoms with Gasteiger partial charge in [-0.25, -0.2) is 0 Å². The van der Waals surface area contributed by atoms with E-state index in [-0.39, 0.29) is 0 Å². The van der Waals surface area contributed by atoms with Gasteiger partial charge in [-0.05, 0) is 19.3 Å². The zero-order valence-electron chi connectivity index (χ0n) is 14.3. The van der Waals surface area contributed by atoms with Gasteiger partial charge < -0.3 is 24.0 Å². The first kappa shape index (κ1) is 18.0. The molecule has 0 saturated carbocycles. The first-order chi connectivity index (χ1) is 11.0. The molecule has 23 heavy (non-hydrogen) atoms. The summed E-state index contributed by atoms with van der Waals surface area (Å²) in [6, 6.07) is 0. The highest BCUT2D eigenvalue weighted by atomic mass is 31.2. The fourth-order valence-electron chi connectivity index (χ4n) is 5.08. The molecule has 2 N–H and O–H groups in total. The Morgan fingerprint density at radius 2 is 1.13 bits per heavy atom. The summed E-state index contributed by atoms with van der Waals surface area (Å²) in [6.45, 7) is 8.18. The molecule has 0 aromatic rings. The highest BCUT2D eigenvalue weighted by Gasteiger charge is 2.79. The second-order valence-corrected chi connectivity index (χ2v) is 7.55. The Morgan fingerprint density at radius 3 is 1.26 bits per heavy atom. The van der Waals surface area contributed by atoms with Crippen molar-refractivity contribution in [1.29, 1.82) is 0 Å². The zero-order chi connectivity index (χ0) is 16.8. The lowest BCUT2D eigenvalue weighted by Crippen LogP contribution is -2.85. The molecular weight excluding hydrogens is 319 g/mol. The molecule has 3 fully saturated rings. The quantitative estimate of drug-likeness (QED) is 0.657. The van der Waals surface area contributed by atoms with Crippen LogP contribution in [0.15, 0.2) is 0 Å². The normalized spacial score (nSPS) is 42.5. The Hall–Kier alpha value is 0.190. The average Bonchev–Trinajstić information content (AvgIpc) is 2.35. The van der Waals surface area contributed by atoms with Crippen molar-refractivity contribution in [2.75, 3.05) is 19.8 Å². The molecule has 134 valence electrons. The van der Waals surface area contributed by atoms with Crippen LogP contribution in [0.3, 0.4) is 0 Å². The van der Waals surface area contributed by atoms with E-state index in [1.807, 2.05) is 0 Å². The topological polar surface area (TPSA) is 77.4 Å². The highest BCUT2D eigenvalue weighted by Crippen LogP contribution is 2.65. The first-order valence-electron chi connectivity index (χ1n) is 8.76. The van der Waals surface area contributed by atoms with Crippen LogP contribution in [0.2, 0.25) is 0 Å². The molecular formula is C16H29O6P. The number of rotatable bonds is 8. The zero-order valence-corrected chi connectivity index (χ0v) is 15.2. The predicted octanol–water partition coefficient (Wildman–Crippen LogP) is 2.66. The Morgan fingerprint density at radius 1 is 0.826 bits per heavy atom. The van der Waals surface area contributed by atoms with Gasteiger partial charge in [-0.1, -0.05) is 20.8 Å². The van der Waals surface area contributed by atoms with Gasteiger partial charge in [0.15, 0.2) is 5.60 Å². The summed E-state index contributed by atoms with van der Waals surface area (Å²) in [4.78, 5) is 19.7. The van der Waals surface area contributed by atoms with E-state index >= 15 is 0 Å². The summed E-state index contributed by atoms with van der Waals surface area (Å²) in [5.74, 6) is 0. The maximum atomic E-state index is 9.85. The lowest BCUT2D eigenvalue weighted by atomic mass is 9.53. The molecule has 0 aromatic carbocycles. The maximum Gasteiger partial charge on any atom is 0.327 e. The van der Waals surface area contributed by atoms with E-state index in [1.54, 1.807) is 0 Å². The first-order valence-corrected chi connectivity index (χ1v) is 9.92. The third-order valence-electron chi connectivity index (χ3n) is 6.51. The fourth-order valence-corrected chi connectivity index (χ4v) is 5.82. The van der Waals surface area contributed by atoms with E-state index in [4.69, 9.17) is 18.7 Å². The number of hydrogen-bond acceptors (Lipinski definition) is 6. The van der Waals surface area contributed by atoms with Gasteiger partial charge in [-0.3, -0.25) is 4.52 Å². The minimum Gasteiger partial charge on any atom is -0.372 e. The molecule has 3 aliphatic heterocycles. The fraction of sp³-hybridized carbons (Fsp3) is 1.00. The van der Waals surface area contributed by atoms with Gasteiger partial charge >= 0.3 is 8.60 Å². The summed E-state index contributed by atoms with van der Waals surface area (Å²) in [5.41, 5.74) is -2.76. The van der Waals surface area contributed by atoms with Crippen molar-refractivity contribution in [3.05, 3.63) is 0 Å². The van der Waals surface area contributed by atoms with Gasteiger partial charge in [0.1, 0.15) is 16.8 Å². The van der Waals surface area contributed by atoms with Gasteiger partial charge in [-0.2, -0.15) is 0 Å². The summed E-state index contributed by atoms with van der Waals surface area (Å²) >= 11 is 0. The van der Waals surface area contributed by atoms with Gasteiger partial charge in [0.05, 0.1) is 19.8 Å². The van der Waals surface area contributed by atoms with Crippen LogP contribution in [0.25, 0.3) is 0 Å². The van der Waals surface area contributed by atoms with Crippen molar-refractivity contribution in [2.45, 2.75) is 81.7 Å². The standard InChI is InChI=1S/C16H29O6P/c1-4-13(7-10-19-13)16(22-23(17)18,14(5-2)8-11-20-14)15(6-3)9-12-21-15/h17-18H,4-12H2,1-3H3. The van der Waals surface area contributed by atoms with Crippen LogP contribution in [-0.2, 0) is 18.7 Å². The predicted molar refractivity (Wildman–Crippen MR) is 85.9 cm³/mol. The average molecular weight is 348 g/mol. The van der Waals surface area contributed by atoms with Crippen LogP contribution in [0.5, 0.6) is 0 Å². The van der Waals surface area contributed by atoms with Crippen molar-refractivity contribution in [3.63, 3.8) is 0 Å². The molecule has 0 amide bonds. The van der Waals surface area contributed by atoms with Gasteiger partial charge in [0, 0.05) is 19.3 Å². The second kappa shape index (κ2) is 6.17.